The van der Waals surface area contributed by atoms with Crippen molar-refractivity contribution in [2.75, 3.05) is 37.0 Å². The van der Waals surface area contributed by atoms with E-state index in [4.69, 9.17) is 5.73 Å². The van der Waals surface area contributed by atoms with Gasteiger partial charge in [0.2, 0.25) is 0 Å². The van der Waals surface area contributed by atoms with Crippen molar-refractivity contribution in [1.82, 2.24) is 9.97 Å². The van der Waals surface area contributed by atoms with Crippen LogP contribution in [0.4, 0.5) is 11.6 Å². The van der Waals surface area contributed by atoms with Crippen LogP contribution in [0, 0.1) is 6.92 Å². The zero-order chi connectivity index (χ0) is 14.4. The smallest absolute Gasteiger partial charge is 0.134 e. The van der Waals surface area contributed by atoms with Gasteiger partial charge in [0.05, 0.1) is 0 Å². The van der Waals surface area contributed by atoms with Crippen LogP contribution < -0.4 is 15.5 Å². The molecule has 0 aliphatic rings. The Labute approximate surface area is 116 Å². The van der Waals surface area contributed by atoms with E-state index in [1.54, 1.807) is 0 Å². The van der Waals surface area contributed by atoms with E-state index in [0.29, 0.717) is 0 Å². The van der Waals surface area contributed by atoms with Gasteiger partial charge in [-0.15, -0.1) is 0 Å². The highest BCUT2D eigenvalue weighted by atomic mass is 15.2. The zero-order valence-corrected chi connectivity index (χ0v) is 12.8. The summed E-state index contributed by atoms with van der Waals surface area (Å²) in [6.45, 7) is 7.93. The number of unbranched alkanes of at least 4 members (excludes halogenated alkanes) is 1. The molecule has 0 aliphatic heterocycles. The number of hydrogen-bond donors (Lipinski definition) is 1. The van der Waals surface area contributed by atoms with E-state index in [0.717, 1.165) is 30.5 Å². The number of nitrogens with zero attached hydrogens (tertiary/aromatic N) is 4. The summed E-state index contributed by atoms with van der Waals surface area (Å²) in [5.41, 5.74) is 5.84. The largest absolute Gasteiger partial charge is 0.360 e. The summed E-state index contributed by atoms with van der Waals surface area (Å²) in [4.78, 5) is 13.2. The van der Waals surface area contributed by atoms with Crippen LogP contribution in [0.3, 0.4) is 0 Å². The SMILES string of the molecule is CCCCN(C)c1cc(N(C)CC(C)N)nc(C)n1. The van der Waals surface area contributed by atoms with Crippen LogP contribution in [0.15, 0.2) is 6.07 Å². The van der Waals surface area contributed by atoms with Gasteiger partial charge in [0.1, 0.15) is 17.5 Å². The Hall–Kier alpha value is -1.36. The number of nitrogens with two attached hydrogens (primary N) is 1. The molecule has 0 aliphatic carbocycles. The van der Waals surface area contributed by atoms with E-state index >= 15 is 0 Å². The van der Waals surface area contributed by atoms with Gasteiger partial charge in [0.15, 0.2) is 0 Å². The number of anilines is 2. The standard InChI is InChI=1S/C14H27N5/c1-6-7-8-18(4)13-9-14(17-12(3)16-13)19(5)10-11(2)15/h9,11H,6-8,10,15H2,1-5H3. The second kappa shape index (κ2) is 7.28. The van der Waals surface area contributed by atoms with E-state index in [-0.39, 0.29) is 6.04 Å². The molecule has 1 atom stereocenters. The normalized spacial score (nSPS) is 12.3. The van der Waals surface area contributed by atoms with Gasteiger partial charge in [-0.25, -0.2) is 9.97 Å². The summed E-state index contributed by atoms with van der Waals surface area (Å²) in [5.74, 6) is 2.71. The summed E-state index contributed by atoms with van der Waals surface area (Å²) in [6.07, 6.45) is 2.36. The Morgan fingerprint density at radius 2 is 1.79 bits per heavy atom. The van der Waals surface area contributed by atoms with E-state index in [1.807, 2.05) is 27.0 Å². The number of likely N-dealkylation sites (N-methyl/N-ethyl adjacent to an activating group) is 1. The lowest BCUT2D eigenvalue weighted by molar-refractivity contribution is 0.708. The molecular weight excluding hydrogens is 238 g/mol. The molecule has 0 spiro atoms. The fourth-order valence-electron chi connectivity index (χ4n) is 1.96. The predicted molar refractivity (Wildman–Crippen MR) is 81.9 cm³/mol. The highest BCUT2D eigenvalue weighted by Crippen LogP contribution is 2.17. The zero-order valence-electron chi connectivity index (χ0n) is 12.8. The molecule has 0 amide bonds. The lowest BCUT2D eigenvalue weighted by Crippen LogP contribution is -2.33. The Morgan fingerprint density at radius 1 is 1.21 bits per heavy atom. The second-order valence-electron chi connectivity index (χ2n) is 5.26. The van der Waals surface area contributed by atoms with E-state index in [9.17, 15) is 0 Å². The Kier molecular flexibility index (Phi) is 6.02. The van der Waals surface area contributed by atoms with Gasteiger partial charge in [0.25, 0.3) is 0 Å². The lowest BCUT2D eigenvalue weighted by Gasteiger charge is -2.23. The molecule has 0 saturated carbocycles. The van der Waals surface area contributed by atoms with Crippen LogP contribution in [0.25, 0.3) is 0 Å². The van der Waals surface area contributed by atoms with Crippen LogP contribution in [0.5, 0.6) is 0 Å². The molecule has 5 heteroatoms. The molecule has 0 fully saturated rings. The minimum atomic E-state index is 0.126. The van der Waals surface area contributed by atoms with Crippen LogP contribution in [-0.4, -0.2) is 43.2 Å². The maximum Gasteiger partial charge on any atom is 0.134 e. The predicted octanol–water partition coefficient (Wildman–Crippen LogP) is 1.80. The van der Waals surface area contributed by atoms with Gasteiger partial charge in [-0.3, -0.25) is 0 Å². The van der Waals surface area contributed by atoms with Gasteiger partial charge >= 0.3 is 0 Å². The molecule has 108 valence electrons. The number of hydrogen-bond acceptors (Lipinski definition) is 5. The molecule has 1 unspecified atom stereocenters. The molecule has 2 N–H and O–H groups in total. The van der Waals surface area contributed by atoms with Crippen molar-refractivity contribution >= 4 is 11.6 Å². The van der Waals surface area contributed by atoms with Gasteiger partial charge in [-0.2, -0.15) is 0 Å². The fraction of sp³-hybridized carbons (Fsp3) is 0.714. The molecule has 1 aromatic rings. The maximum atomic E-state index is 5.84. The quantitative estimate of drug-likeness (QED) is 0.814. The number of aromatic nitrogens is 2. The van der Waals surface area contributed by atoms with Gasteiger partial charge in [-0.05, 0) is 20.3 Å². The Bertz CT molecular complexity index is 391. The first-order chi connectivity index (χ1) is 8.93. The average Bonchev–Trinajstić information content (AvgIpc) is 2.34. The summed E-state index contributed by atoms with van der Waals surface area (Å²) < 4.78 is 0. The van der Waals surface area contributed by atoms with E-state index in [1.165, 1.54) is 12.8 Å². The molecular formula is C14H27N5. The molecule has 1 aromatic heterocycles. The average molecular weight is 265 g/mol. The lowest BCUT2D eigenvalue weighted by atomic mass is 10.3. The summed E-state index contributed by atoms with van der Waals surface area (Å²) in [5, 5.41) is 0. The first-order valence-electron chi connectivity index (χ1n) is 6.97. The van der Waals surface area contributed by atoms with Crippen LogP contribution in [-0.2, 0) is 0 Å². The summed E-state index contributed by atoms with van der Waals surface area (Å²) in [6, 6.07) is 2.16. The molecule has 0 bridgehead atoms. The van der Waals surface area contributed by atoms with Gasteiger partial charge < -0.3 is 15.5 Å². The molecule has 1 heterocycles. The number of aryl methyl sites for hydroxylation is 1. The fourth-order valence-corrected chi connectivity index (χ4v) is 1.96. The summed E-state index contributed by atoms with van der Waals surface area (Å²) in [7, 11) is 4.09. The van der Waals surface area contributed by atoms with Crippen LogP contribution in [0.1, 0.15) is 32.5 Å². The minimum Gasteiger partial charge on any atom is -0.360 e. The van der Waals surface area contributed by atoms with Crippen molar-refractivity contribution in [3.05, 3.63) is 11.9 Å². The third kappa shape index (κ3) is 5.03. The van der Waals surface area contributed by atoms with Crippen molar-refractivity contribution < 1.29 is 0 Å². The highest BCUT2D eigenvalue weighted by Gasteiger charge is 2.10. The second-order valence-corrected chi connectivity index (χ2v) is 5.26. The topological polar surface area (TPSA) is 58.3 Å². The maximum absolute atomic E-state index is 5.84. The van der Waals surface area contributed by atoms with Crippen molar-refractivity contribution in [3.63, 3.8) is 0 Å². The van der Waals surface area contributed by atoms with Crippen molar-refractivity contribution in [2.24, 2.45) is 5.73 Å². The van der Waals surface area contributed by atoms with Crippen molar-refractivity contribution in [2.45, 2.75) is 39.7 Å². The van der Waals surface area contributed by atoms with Crippen LogP contribution >= 0.6 is 0 Å². The molecule has 0 radical (unpaired) electrons. The monoisotopic (exact) mass is 265 g/mol. The third-order valence-electron chi connectivity index (χ3n) is 3.00. The Morgan fingerprint density at radius 3 is 2.32 bits per heavy atom. The summed E-state index contributed by atoms with van der Waals surface area (Å²) >= 11 is 0. The molecule has 0 saturated heterocycles. The van der Waals surface area contributed by atoms with E-state index in [2.05, 4.69) is 33.7 Å². The van der Waals surface area contributed by atoms with Crippen molar-refractivity contribution in [3.8, 4) is 0 Å². The first kappa shape index (κ1) is 15.7. The third-order valence-corrected chi connectivity index (χ3v) is 3.00. The first-order valence-corrected chi connectivity index (χ1v) is 6.97. The highest BCUT2D eigenvalue weighted by molar-refractivity contribution is 5.50. The molecule has 1 rings (SSSR count). The van der Waals surface area contributed by atoms with E-state index < -0.39 is 0 Å². The minimum absolute atomic E-state index is 0.126. The Balaban J connectivity index is 2.87. The van der Waals surface area contributed by atoms with Crippen LogP contribution in [0.2, 0.25) is 0 Å². The van der Waals surface area contributed by atoms with Gasteiger partial charge in [-0.1, -0.05) is 13.3 Å². The number of rotatable bonds is 7. The molecule has 0 aromatic carbocycles. The molecule has 19 heavy (non-hydrogen) atoms. The van der Waals surface area contributed by atoms with Gasteiger partial charge in [0, 0.05) is 39.3 Å². The van der Waals surface area contributed by atoms with Crippen molar-refractivity contribution in [1.29, 1.82) is 0 Å². The molecule has 5 nitrogen and oxygen atoms in total.